The number of sulfonamides is 1. The highest BCUT2D eigenvalue weighted by molar-refractivity contribution is 7.89. The van der Waals surface area contributed by atoms with E-state index in [-0.39, 0.29) is 22.8 Å². The van der Waals surface area contributed by atoms with Gasteiger partial charge in [-0.3, -0.25) is 0 Å². The number of hydrogen-bond donors (Lipinski definition) is 1. The van der Waals surface area contributed by atoms with Gasteiger partial charge in [-0.15, -0.1) is 0 Å². The Kier molecular flexibility index (Phi) is 4.55. The van der Waals surface area contributed by atoms with E-state index in [1.807, 2.05) is 12.1 Å². The number of benzene rings is 2. The maximum absolute atomic E-state index is 12.8. The standard InChI is InChI=1S/C20H20F3NO2S/c21-20(22,23)17-7-9-18(10-8-17)27(25,26)24-19-15-5-6-16(19)12-14-4-2-1-3-13(14)11-15/h1-4,7-10,15-16,19,24H,5-6,11-12H2. The molecule has 0 aromatic heterocycles. The van der Waals surface area contributed by atoms with Crippen LogP contribution < -0.4 is 4.72 Å². The van der Waals surface area contributed by atoms with E-state index in [2.05, 4.69) is 16.9 Å². The zero-order valence-electron chi connectivity index (χ0n) is 14.5. The maximum Gasteiger partial charge on any atom is 0.416 e. The molecular weight excluding hydrogens is 375 g/mol. The van der Waals surface area contributed by atoms with E-state index in [0.29, 0.717) is 0 Å². The van der Waals surface area contributed by atoms with Crippen molar-refractivity contribution in [1.29, 1.82) is 0 Å². The van der Waals surface area contributed by atoms with Gasteiger partial charge in [-0.2, -0.15) is 13.2 Å². The van der Waals surface area contributed by atoms with Crippen LogP contribution in [0.25, 0.3) is 0 Å². The quantitative estimate of drug-likeness (QED) is 0.848. The molecule has 0 aliphatic heterocycles. The van der Waals surface area contributed by atoms with Crippen LogP contribution in [0.15, 0.2) is 53.4 Å². The van der Waals surface area contributed by atoms with Gasteiger partial charge < -0.3 is 0 Å². The van der Waals surface area contributed by atoms with E-state index < -0.39 is 21.8 Å². The fourth-order valence-electron chi connectivity index (χ4n) is 4.41. The molecule has 27 heavy (non-hydrogen) atoms. The molecule has 2 unspecified atom stereocenters. The first-order valence-electron chi connectivity index (χ1n) is 9.00. The molecule has 2 aromatic rings. The molecule has 0 saturated heterocycles. The molecule has 0 spiro atoms. The van der Waals surface area contributed by atoms with E-state index in [9.17, 15) is 21.6 Å². The van der Waals surface area contributed by atoms with Crippen LogP contribution in [-0.4, -0.2) is 14.5 Å². The molecule has 0 heterocycles. The number of hydrogen-bond acceptors (Lipinski definition) is 2. The first kappa shape index (κ1) is 18.5. The molecule has 144 valence electrons. The highest BCUT2D eigenvalue weighted by Crippen LogP contribution is 2.40. The van der Waals surface area contributed by atoms with Gasteiger partial charge in [0.2, 0.25) is 10.0 Å². The van der Waals surface area contributed by atoms with Gasteiger partial charge in [-0.25, -0.2) is 13.1 Å². The molecule has 2 aromatic carbocycles. The molecule has 1 N–H and O–H groups in total. The average molecular weight is 395 g/mol. The third kappa shape index (κ3) is 3.62. The Balaban J connectivity index is 1.57. The van der Waals surface area contributed by atoms with Gasteiger partial charge in [0, 0.05) is 6.04 Å². The maximum atomic E-state index is 12.8. The molecule has 1 saturated carbocycles. The molecule has 3 nitrogen and oxygen atoms in total. The molecule has 2 atom stereocenters. The summed E-state index contributed by atoms with van der Waals surface area (Å²) in [7, 11) is -3.87. The number of alkyl halides is 3. The normalized spacial score (nSPS) is 25.1. The third-order valence-electron chi connectivity index (χ3n) is 5.79. The van der Waals surface area contributed by atoms with Gasteiger partial charge in [0.05, 0.1) is 10.5 Å². The van der Waals surface area contributed by atoms with Crippen molar-refractivity contribution in [2.45, 2.75) is 42.8 Å². The predicted octanol–water partition coefficient (Wildman–Crippen LogP) is 4.18. The summed E-state index contributed by atoms with van der Waals surface area (Å²) in [5.74, 6) is 0.422. The zero-order valence-corrected chi connectivity index (χ0v) is 15.4. The van der Waals surface area contributed by atoms with Crippen LogP contribution in [0.1, 0.15) is 29.5 Å². The van der Waals surface area contributed by atoms with Crippen molar-refractivity contribution in [1.82, 2.24) is 4.72 Å². The van der Waals surface area contributed by atoms with Crippen LogP contribution in [0.3, 0.4) is 0 Å². The van der Waals surface area contributed by atoms with Crippen molar-refractivity contribution < 1.29 is 21.6 Å². The van der Waals surface area contributed by atoms with Crippen molar-refractivity contribution in [3.63, 3.8) is 0 Å². The van der Waals surface area contributed by atoms with Crippen molar-refractivity contribution in [3.05, 3.63) is 65.2 Å². The number of halogens is 3. The predicted molar refractivity (Wildman–Crippen MR) is 95.6 cm³/mol. The van der Waals surface area contributed by atoms with Gasteiger partial charge >= 0.3 is 6.18 Å². The SMILES string of the molecule is O=S(=O)(NC1C2CCC1Cc1ccccc1C2)c1ccc(C(F)(F)F)cc1. The van der Waals surface area contributed by atoms with Gasteiger partial charge in [0.1, 0.15) is 0 Å². The highest BCUT2D eigenvalue weighted by atomic mass is 32.2. The second kappa shape index (κ2) is 6.63. The Labute approximate surface area is 156 Å². The second-order valence-corrected chi connectivity index (χ2v) is 9.16. The highest BCUT2D eigenvalue weighted by Gasteiger charge is 2.41. The fourth-order valence-corrected chi connectivity index (χ4v) is 5.79. The molecular formula is C20H20F3NO2S. The number of fused-ring (bicyclic) bond motifs is 3. The van der Waals surface area contributed by atoms with Crippen LogP contribution in [0, 0.1) is 11.8 Å². The van der Waals surface area contributed by atoms with Crippen LogP contribution in [-0.2, 0) is 29.0 Å². The Morgan fingerprint density at radius 3 is 1.85 bits per heavy atom. The lowest BCUT2D eigenvalue weighted by Gasteiger charge is -2.23. The Hall–Kier alpha value is -1.86. The van der Waals surface area contributed by atoms with Gasteiger partial charge in [0.25, 0.3) is 0 Å². The Morgan fingerprint density at radius 1 is 0.852 bits per heavy atom. The first-order valence-corrected chi connectivity index (χ1v) is 10.5. The summed E-state index contributed by atoms with van der Waals surface area (Å²) < 4.78 is 66.5. The molecule has 7 heteroatoms. The monoisotopic (exact) mass is 395 g/mol. The number of nitrogens with one attached hydrogen (secondary N) is 1. The van der Waals surface area contributed by atoms with Crippen molar-refractivity contribution in [2.75, 3.05) is 0 Å². The lowest BCUT2D eigenvalue weighted by atomic mass is 9.94. The molecule has 0 radical (unpaired) electrons. The topological polar surface area (TPSA) is 46.2 Å². The van der Waals surface area contributed by atoms with E-state index in [4.69, 9.17) is 0 Å². The minimum absolute atomic E-state index is 0.128. The summed E-state index contributed by atoms with van der Waals surface area (Å²) in [4.78, 5) is -0.128. The summed E-state index contributed by atoms with van der Waals surface area (Å²) in [6, 6.07) is 11.7. The van der Waals surface area contributed by atoms with E-state index >= 15 is 0 Å². The molecule has 4 rings (SSSR count). The van der Waals surface area contributed by atoms with Crippen molar-refractivity contribution >= 4 is 10.0 Å². The van der Waals surface area contributed by atoms with E-state index in [0.717, 1.165) is 49.9 Å². The lowest BCUT2D eigenvalue weighted by Crippen LogP contribution is -2.41. The first-order chi connectivity index (χ1) is 12.7. The minimum Gasteiger partial charge on any atom is -0.207 e. The van der Waals surface area contributed by atoms with Crippen LogP contribution in [0.4, 0.5) is 13.2 Å². The molecule has 0 amide bonds. The summed E-state index contributed by atoms with van der Waals surface area (Å²) in [6.07, 6.45) is -0.917. The molecule has 2 bridgehead atoms. The molecule has 2 aliphatic rings. The third-order valence-corrected chi connectivity index (χ3v) is 7.26. The van der Waals surface area contributed by atoms with E-state index in [1.165, 1.54) is 11.1 Å². The van der Waals surface area contributed by atoms with Crippen LogP contribution in [0.5, 0.6) is 0 Å². The van der Waals surface area contributed by atoms with Gasteiger partial charge in [-0.05, 0) is 72.9 Å². The van der Waals surface area contributed by atoms with Crippen LogP contribution in [0.2, 0.25) is 0 Å². The molecule has 2 aliphatic carbocycles. The Morgan fingerprint density at radius 2 is 1.37 bits per heavy atom. The minimum atomic E-state index is -4.48. The van der Waals surface area contributed by atoms with Crippen molar-refractivity contribution in [3.8, 4) is 0 Å². The summed E-state index contributed by atoms with van der Waals surface area (Å²) in [6.45, 7) is 0. The lowest BCUT2D eigenvalue weighted by molar-refractivity contribution is -0.137. The average Bonchev–Trinajstić information content (AvgIpc) is 2.88. The second-order valence-electron chi connectivity index (χ2n) is 7.44. The fraction of sp³-hybridized carbons (Fsp3) is 0.400. The van der Waals surface area contributed by atoms with Crippen molar-refractivity contribution in [2.24, 2.45) is 11.8 Å². The van der Waals surface area contributed by atoms with Crippen LogP contribution >= 0.6 is 0 Å². The van der Waals surface area contributed by atoms with Gasteiger partial charge in [-0.1, -0.05) is 24.3 Å². The summed E-state index contributed by atoms with van der Waals surface area (Å²) in [5.41, 5.74) is 1.68. The smallest absolute Gasteiger partial charge is 0.207 e. The summed E-state index contributed by atoms with van der Waals surface area (Å²) in [5, 5.41) is 0. The Bertz CT molecular complexity index is 905. The van der Waals surface area contributed by atoms with E-state index in [1.54, 1.807) is 0 Å². The largest absolute Gasteiger partial charge is 0.416 e. The summed E-state index contributed by atoms with van der Waals surface area (Å²) >= 11 is 0. The zero-order chi connectivity index (χ0) is 19.2. The number of rotatable bonds is 3. The van der Waals surface area contributed by atoms with Gasteiger partial charge in [0.15, 0.2) is 0 Å². The molecule has 1 fully saturated rings.